The van der Waals surface area contributed by atoms with E-state index in [0.29, 0.717) is 18.1 Å². The van der Waals surface area contributed by atoms with Gasteiger partial charge in [-0.25, -0.2) is 0 Å². The van der Waals surface area contributed by atoms with E-state index in [0.717, 1.165) is 5.69 Å². The summed E-state index contributed by atoms with van der Waals surface area (Å²) in [6.45, 7) is 2.74. The van der Waals surface area contributed by atoms with E-state index in [2.05, 4.69) is 34.6 Å². The van der Waals surface area contributed by atoms with Gasteiger partial charge in [-0.1, -0.05) is 42.5 Å². The van der Waals surface area contributed by atoms with Crippen LogP contribution in [0.4, 0.5) is 11.5 Å². The average Bonchev–Trinajstić information content (AvgIpc) is 2.67. The summed E-state index contributed by atoms with van der Waals surface area (Å²) < 4.78 is 0. The van der Waals surface area contributed by atoms with Crippen molar-refractivity contribution in [1.29, 1.82) is 0 Å². The van der Waals surface area contributed by atoms with E-state index in [9.17, 15) is 4.79 Å². The molecule has 0 unspecified atom stereocenters. The Kier molecular flexibility index (Phi) is 5.04. The molecular weight excluding hydrogens is 312 g/mol. The van der Waals surface area contributed by atoms with Crippen molar-refractivity contribution in [2.24, 2.45) is 0 Å². The minimum absolute atomic E-state index is 0.191. The van der Waals surface area contributed by atoms with Gasteiger partial charge in [0.1, 0.15) is 5.82 Å². The Bertz CT molecular complexity index is 847. The third-order valence-electron chi connectivity index (χ3n) is 4.05. The molecule has 0 saturated carbocycles. The number of carbonyl (C=O) groups is 1. The van der Waals surface area contributed by atoms with Gasteiger partial charge in [0.05, 0.1) is 0 Å². The van der Waals surface area contributed by atoms with Crippen LogP contribution < -0.4 is 10.2 Å². The highest BCUT2D eigenvalue weighted by atomic mass is 16.2. The monoisotopic (exact) mass is 332 g/mol. The molecule has 0 aliphatic rings. The molecule has 1 aromatic heterocycles. The second-order valence-corrected chi connectivity index (χ2v) is 5.78. The number of nitrogens with zero attached hydrogens (tertiary/aromatic N) is 3. The summed E-state index contributed by atoms with van der Waals surface area (Å²) in [5, 5.41) is 11.4. The van der Waals surface area contributed by atoms with E-state index in [-0.39, 0.29) is 5.91 Å². The quantitative estimate of drug-likeness (QED) is 0.774. The number of hydrogen-bond acceptors (Lipinski definition) is 4. The fourth-order valence-electron chi connectivity index (χ4n) is 2.48. The van der Waals surface area contributed by atoms with Crippen molar-refractivity contribution in [1.82, 2.24) is 10.2 Å². The molecule has 0 aliphatic carbocycles. The lowest BCUT2D eigenvalue weighted by atomic mass is 10.1. The van der Waals surface area contributed by atoms with Crippen LogP contribution in [0.2, 0.25) is 0 Å². The van der Waals surface area contributed by atoms with Gasteiger partial charge in [0.15, 0.2) is 5.69 Å². The zero-order chi connectivity index (χ0) is 17.6. The Balaban J connectivity index is 1.66. The third kappa shape index (κ3) is 4.01. The molecule has 0 radical (unpaired) electrons. The van der Waals surface area contributed by atoms with Gasteiger partial charge in [0.25, 0.3) is 5.91 Å². The van der Waals surface area contributed by atoms with Crippen LogP contribution in [0.25, 0.3) is 0 Å². The average molecular weight is 332 g/mol. The summed E-state index contributed by atoms with van der Waals surface area (Å²) in [5.41, 5.74) is 3.55. The summed E-state index contributed by atoms with van der Waals surface area (Å²) in [6.07, 6.45) is 0. The fourth-order valence-corrected chi connectivity index (χ4v) is 2.48. The number of benzene rings is 2. The number of aromatic nitrogens is 2. The van der Waals surface area contributed by atoms with E-state index < -0.39 is 0 Å². The Morgan fingerprint density at radius 1 is 0.960 bits per heavy atom. The third-order valence-corrected chi connectivity index (χ3v) is 4.05. The summed E-state index contributed by atoms with van der Waals surface area (Å²) in [5.74, 6) is 0.450. The van der Waals surface area contributed by atoms with Crippen LogP contribution in [-0.4, -0.2) is 23.2 Å². The van der Waals surface area contributed by atoms with Crippen LogP contribution in [0.15, 0.2) is 66.7 Å². The number of rotatable bonds is 5. The molecule has 5 heteroatoms. The summed E-state index contributed by atoms with van der Waals surface area (Å²) in [4.78, 5) is 14.0. The van der Waals surface area contributed by atoms with Gasteiger partial charge in [-0.3, -0.25) is 4.79 Å². The minimum Gasteiger partial charge on any atom is -0.364 e. The molecule has 0 spiro atoms. The largest absolute Gasteiger partial charge is 0.364 e. The van der Waals surface area contributed by atoms with Crippen LogP contribution in [-0.2, 0) is 6.54 Å². The van der Waals surface area contributed by atoms with Crippen molar-refractivity contribution in [3.05, 3.63) is 83.6 Å². The van der Waals surface area contributed by atoms with Crippen LogP contribution in [0.1, 0.15) is 21.6 Å². The normalized spacial score (nSPS) is 10.3. The van der Waals surface area contributed by atoms with Crippen molar-refractivity contribution in [2.45, 2.75) is 13.5 Å². The van der Waals surface area contributed by atoms with E-state index >= 15 is 0 Å². The number of aryl methyl sites for hydroxylation is 1. The van der Waals surface area contributed by atoms with E-state index in [1.165, 1.54) is 11.1 Å². The zero-order valence-corrected chi connectivity index (χ0v) is 14.3. The van der Waals surface area contributed by atoms with Crippen molar-refractivity contribution in [2.75, 3.05) is 17.3 Å². The number of anilines is 2. The van der Waals surface area contributed by atoms with Crippen molar-refractivity contribution < 1.29 is 4.79 Å². The molecule has 0 aliphatic heterocycles. The van der Waals surface area contributed by atoms with E-state index in [1.54, 1.807) is 24.1 Å². The molecule has 0 fully saturated rings. The maximum absolute atomic E-state index is 12.5. The Hall–Kier alpha value is -3.21. The van der Waals surface area contributed by atoms with Crippen molar-refractivity contribution in [3.8, 4) is 0 Å². The highest BCUT2D eigenvalue weighted by molar-refractivity contribution is 6.04. The molecule has 0 bridgehead atoms. The number of para-hydroxylation sites is 1. The van der Waals surface area contributed by atoms with Gasteiger partial charge in [-0.2, -0.15) is 0 Å². The van der Waals surface area contributed by atoms with Gasteiger partial charge in [0, 0.05) is 19.3 Å². The first-order chi connectivity index (χ1) is 12.1. The van der Waals surface area contributed by atoms with Crippen molar-refractivity contribution in [3.63, 3.8) is 0 Å². The molecule has 1 N–H and O–H groups in total. The van der Waals surface area contributed by atoms with Gasteiger partial charge in [0.2, 0.25) is 0 Å². The second kappa shape index (κ2) is 7.57. The van der Waals surface area contributed by atoms with Gasteiger partial charge >= 0.3 is 0 Å². The first-order valence-electron chi connectivity index (χ1n) is 8.10. The van der Waals surface area contributed by atoms with Crippen LogP contribution in [0.5, 0.6) is 0 Å². The van der Waals surface area contributed by atoms with E-state index in [1.807, 2.05) is 42.5 Å². The standard InChI is InChI=1S/C20H20N4O/c1-15-8-6-7-9-16(15)14-21-19-13-12-18(22-23-19)20(25)24(2)17-10-4-3-5-11-17/h3-13H,14H2,1-2H3,(H,21,23). The number of nitrogens with one attached hydrogen (secondary N) is 1. The highest BCUT2D eigenvalue weighted by Gasteiger charge is 2.15. The Morgan fingerprint density at radius 2 is 1.68 bits per heavy atom. The molecule has 2 aromatic carbocycles. The number of amides is 1. The summed E-state index contributed by atoms with van der Waals surface area (Å²) >= 11 is 0. The number of hydrogen-bond donors (Lipinski definition) is 1. The van der Waals surface area contributed by atoms with Crippen LogP contribution in [0, 0.1) is 6.92 Å². The van der Waals surface area contributed by atoms with Crippen molar-refractivity contribution >= 4 is 17.4 Å². The molecule has 1 heterocycles. The van der Waals surface area contributed by atoms with Gasteiger partial charge in [-0.05, 0) is 42.3 Å². The minimum atomic E-state index is -0.191. The highest BCUT2D eigenvalue weighted by Crippen LogP contribution is 2.15. The molecule has 0 atom stereocenters. The second-order valence-electron chi connectivity index (χ2n) is 5.78. The predicted molar refractivity (Wildman–Crippen MR) is 99.7 cm³/mol. The first-order valence-corrected chi connectivity index (χ1v) is 8.10. The Morgan fingerprint density at radius 3 is 2.36 bits per heavy atom. The first kappa shape index (κ1) is 16.6. The van der Waals surface area contributed by atoms with Gasteiger partial charge < -0.3 is 10.2 Å². The molecule has 5 nitrogen and oxygen atoms in total. The zero-order valence-electron chi connectivity index (χ0n) is 14.3. The molecular formula is C20H20N4O. The molecule has 126 valence electrons. The maximum atomic E-state index is 12.5. The predicted octanol–water partition coefficient (Wildman–Crippen LogP) is 3.67. The fraction of sp³-hybridized carbons (Fsp3) is 0.150. The topological polar surface area (TPSA) is 58.1 Å². The molecule has 25 heavy (non-hydrogen) atoms. The summed E-state index contributed by atoms with van der Waals surface area (Å²) in [6, 6.07) is 21.1. The number of carbonyl (C=O) groups excluding carboxylic acids is 1. The lowest BCUT2D eigenvalue weighted by Crippen LogP contribution is -2.27. The van der Waals surface area contributed by atoms with E-state index in [4.69, 9.17) is 0 Å². The summed E-state index contributed by atoms with van der Waals surface area (Å²) in [7, 11) is 1.73. The lowest BCUT2D eigenvalue weighted by Gasteiger charge is -2.16. The van der Waals surface area contributed by atoms with Crippen LogP contribution >= 0.6 is 0 Å². The van der Waals surface area contributed by atoms with Crippen LogP contribution in [0.3, 0.4) is 0 Å². The molecule has 3 rings (SSSR count). The maximum Gasteiger partial charge on any atom is 0.278 e. The Labute approximate surface area is 147 Å². The SMILES string of the molecule is Cc1ccccc1CNc1ccc(C(=O)N(C)c2ccccc2)nn1. The molecule has 3 aromatic rings. The smallest absolute Gasteiger partial charge is 0.278 e. The molecule has 0 saturated heterocycles. The lowest BCUT2D eigenvalue weighted by molar-refractivity contribution is 0.0987. The molecule has 1 amide bonds. The van der Waals surface area contributed by atoms with Gasteiger partial charge in [-0.15, -0.1) is 10.2 Å².